The first-order valence-electron chi connectivity index (χ1n) is 8.47. The lowest BCUT2D eigenvalue weighted by Gasteiger charge is -2.35. The monoisotopic (exact) mass is 363 g/mol. The predicted octanol–water partition coefficient (Wildman–Crippen LogP) is 4.52. The van der Waals surface area contributed by atoms with E-state index in [4.69, 9.17) is 9.88 Å². The van der Waals surface area contributed by atoms with Crippen LogP contribution >= 0.6 is 11.9 Å². The van der Waals surface area contributed by atoms with Crippen LogP contribution in [0.5, 0.6) is 0 Å². The summed E-state index contributed by atoms with van der Waals surface area (Å²) in [5.41, 5.74) is 1.73. The third-order valence-electron chi connectivity index (χ3n) is 4.23. The van der Waals surface area contributed by atoms with Gasteiger partial charge in [-0.1, -0.05) is 103 Å². The van der Waals surface area contributed by atoms with E-state index >= 15 is 0 Å². The second kappa shape index (κ2) is 8.70. The Bertz CT molecular complexity index is 726. The topological polar surface area (TPSA) is 52.3 Å². The van der Waals surface area contributed by atoms with Crippen LogP contribution in [0.2, 0.25) is 0 Å². The van der Waals surface area contributed by atoms with E-state index in [1.54, 1.807) is 0 Å². The maximum Gasteiger partial charge on any atom is 0.308 e. The molecule has 0 radical (unpaired) electrons. The van der Waals surface area contributed by atoms with Crippen molar-refractivity contribution >= 4 is 17.9 Å². The van der Waals surface area contributed by atoms with Gasteiger partial charge in [-0.3, -0.25) is 9.93 Å². The van der Waals surface area contributed by atoms with Crippen molar-refractivity contribution in [1.82, 2.24) is 0 Å². The molecule has 2 N–H and O–H groups in total. The van der Waals surface area contributed by atoms with Crippen molar-refractivity contribution in [2.24, 2.45) is 5.14 Å². The van der Waals surface area contributed by atoms with E-state index < -0.39 is 5.60 Å². The summed E-state index contributed by atoms with van der Waals surface area (Å²) in [6.45, 7) is 0. The average molecular weight is 363 g/mol. The van der Waals surface area contributed by atoms with Crippen molar-refractivity contribution in [2.75, 3.05) is 5.75 Å². The summed E-state index contributed by atoms with van der Waals surface area (Å²) in [6.07, 6.45) is 0.259. The number of benzene rings is 3. The summed E-state index contributed by atoms with van der Waals surface area (Å²) >= 11 is 1.14. The maximum atomic E-state index is 12.6. The molecule has 0 unspecified atom stereocenters. The van der Waals surface area contributed by atoms with Gasteiger partial charge in [-0.25, -0.2) is 0 Å². The Balaban J connectivity index is 2.19. The molecule has 0 amide bonds. The molecule has 3 aromatic carbocycles. The van der Waals surface area contributed by atoms with Gasteiger partial charge >= 0.3 is 5.97 Å². The zero-order valence-corrected chi connectivity index (χ0v) is 15.2. The van der Waals surface area contributed by atoms with E-state index in [1.165, 1.54) is 0 Å². The highest BCUT2D eigenvalue weighted by Gasteiger charge is 2.40. The predicted molar refractivity (Wildman–Crippen MR) is 107 cm³/mol. The van der Waals surface area contributed by atoms with Crippen LogP contribution in [0.3, 0.4) is 0 Å². The first kappa shape index (κ1) is 18.2. The molecule has 0 aliphatic rings. The van der Waals surface area contributed by atoms with Gasteiger partial charge in [0.15, 0.2) is 5.60 Å². The average Bonchev–Trinajstić information content (AvgIpc) is 2.72. The molecule has 0 saturated heterocycles. The summed E-state index contributed by atoms with van der Waals surface area (Å²) < 4.78 is 6.19. The Morgan fingerprint density at radius 3 is 1.50 bits per heavy atom. The Kier molecular flexibility index (Phi) is 6.10. The van der Waals surface area contributed by atoms with Crippen molar-refractivity contribution in [2.45, 2.75) is 12.0 Å². The molecule has 0 bridgehead atoms. The molecule has 3 rings (SSSR count). The quantitative estimate of drug-likeness (QED) is 0.381. The number of ether oxygens (including phenoxy) is 1. The third kappa shape index (κ3) is 3.82. The van der Waals surface area contributed by atoms with Crippen LogP contribution in [0.25, 0.3) is 0 Å². The van der Waals surface area contributed by atoms with Gasteiger partial charge in [0, 0.05) is 22.4 Å². The summed E-state index contributed by atoms with van der Waals surface area (Å²) in [6, 6.07) is 29.6. The standard InChI is InChI=1S/C22H21NO2S/c23-26-17-16-21(24)25-22(18-10-4-1-5-11-18,19-12-6-2-7-13-19)20-14-8-3-9-15-20/h1-15H,16-17,23H2. The number of carbonyl (C=O) groups excluding carboxylic acids is 1. The van der Waals surface area contributed by atoms with Gasteiger partial charge in [0.1, 0.15) is 0 Å². The molecular weight excluding hydrogens is 342 g/mol. The zero-order chi connectivity index (χ0) is 18.2. The number of hydrogen-bond donors (Lipinski definition) is 1. The molecular formula is C22H21NO2S. The van der Waals surface area contributed by atoms with Crippen LogP contribution in [-0.2, 0) is 15.1 Å². The summed E-state index contributed by atoms with van der Waals surface area (Å²) in [5, 5.41) is 5.48. The van der Waals surface area contributed by atoms with Crippen LogP contribution in [0.4, 0.5) is 0 Å². The van der Waals surface area contributed by atoms with E-state index in [9.17, 15) is 4.79 Å². The van der Waals surface area contributed by atoms with Crippen molar-refractivity contribution in [3.63, 3.8) is 0 Å². The van der Waals surface area contributed by atoms with Crippen LogP contribution < -0.4 is 5.14 Å². The number of esters is 1. The Labute approximate surface area is 158 Å². The van der Waals surface area contributed by atoms with Crippen molar-refractivity contribution in [3.8, 4) is 0 Å². The summed E-state index contributed by atoms with van der Waals surface area (Å²) in [7, 11) is 0. The second-order valence-electron chi connectivity index (χ2n) is 5.87. The molecule has 3 nitrogen and oxygen atoms in total. The fourth-order valence-electron chi connectivity index (χ4n) is 3.06. The van der Waals surface area contributed by atoms with E-state index in [2.05, 4.69) is 0 Å². The van der Waals surface area contributed by atoms with Gasteiger partial charge in [-0.2, -0.15) is 0 Å². The Hall–Kier alpha value is -2.56. The second-order valence-corrected chi connectivity index (χ2v) is 6.62. The van der Waals surface area contributed by atoms with Crippen molar-refractivity contribution in [3.05, 3.63) is 108 Å². The van der Waals surface area contributed by atoms with Crippen molar-refractivity contribution in [1.29, 1.82) is 0 Å². The van der Waals surface area contributed by atoms with Crippen LogP contribution in [-0.4, -0.2) is 11.7 Å². The fraction of sp³-hybridized carbons (Fsp3) is 0.136. The minimum atomic E-state index is -1.000. The Morgan fingerprint density at radius 1 is 0.769 bits per heavy atom. The maximum absolute atomic E-state index is 12.6. The molecule has 0 aromatic heterocycles. The Morgan fingerprint density at radius 2 is 1.15 bits per heavy atom. The van der Waals surface area contributed by atoms with Crippen LogP contribution in [0.15, 0.2) is 91.0 Å². The number of rotatable bonds is 7. The highest BCUT2D eigenvalue weighted by Crippen LogP contribution is 2.40. The van der Waals surface area contributed by atoms with E-state index in [-0.39, 0.29) is 12.4 Å². The normalized spacial score (nSPS) is 11.1. The van der Waals surface area contributed by atoms with Gasteiger partial charge in [-0.05, 0) is 0 Å². The van der Waals surface area contributed by atoms with E-state index in [0.29, 0.717) is 5.75 Å². The van der Waals surface area contributed by atoms with Gasteiger partial charge in [-0.15, -0.1) is 0 Å². The molecule has 0 saturated carbocycles. The first-order chi connectivity index (χ1) is 12.8. The lowest BCUT2D eigenvalue weighted by molar-refractivity contribution is -0.153. The van der Waals surface area contributed by atoms with Crippen molar-refractivity contribution < 1.29 is 9.53 Å². The SMILES string of the molecule is NSCCC(=O)OC(c1ccccc1)(c1ccccc1)c1ccccc1. The highest BCUT2D eigenvalue weighted by atomic mass is 32.2. The van der Waals surface area contributed by atoms with E-state index in [0.717, 1.165) is 28.6 Å². The molecule has 0 atom stereocenters. The third-order valence-corrected chi connectivity index (χ3v) is 4.67. The van der Waals surface area contributed by atoms with Gasteiger partial charge in [0.05, 0.1) is 6.42 Å². The molecule has 3 aromatic rings. The molecule has 0 heterocycles. The fourth-order valence-corrected chi connectivity index (χ4v) is 3.34. The minimum Gasteiger partial charge on any atom is -0.444 e. The molecule has 0 fully saturated rings. The van der Waals surface area contributed by atoms with Crippen LogP contribution in [0, 0.1) is 0 Å². The number of carbonyl (C=O) groups is 1. The van der Waals surface area contributed by atoms with E-state index in [1.807, 2.05) is 91.0 Å². The molecule has 0 aliphatic heterocycles. The molecule has 26 heavy (non-hydrogen) atoms. The molecule has 132 valence electrons. The zero-order valence-electron chi connectivity index (χ0n) is 14.4. The summed E-state index contributed by atoms with van der Waals surface area (Å²) in [5.74, 6) is 0.243. The number of nitrogens with two attached hydrogens (primary N) is 1. The highest BCUT2D eigenvalue weighted by molar-refractivity contribution is 7.97. The lowest BCUT2D eigenvalue weighted by atomic mass is 9.80. The van der Waals surface area contributed by atoms with Gasteiger partial charge in [0.25, 0.3) is 0 Å². The molecule has 4 heteroatoms. The molecule has 0 aliphatic carbocycles. The minimum absolute atomic E-state index is 0.259. The van der Waals surface area contributed by atoms with Gasteiger partial charge < -0.3 is 4.74 Å². The lowest BCUT2D eigenvalue weighted by Crippen LogP contribution is -2.35. The summed E-state index contributed by atoms with van der Waals surface area (Å²) in [4.78, 5) is 12.6. The van der Waals surface area contributed by atoms with Crippen LogP contribution in [0.1, 0.15) is 23.1 Å². The smallest absolute Gasteiger partial charge is 0.308 e. The number of hydrogen-bond acceptors (Lipinski definition) is 4. The largest absolute Gasteiger partial charge is 0.444 e. The first-order valence-corrected chi connectivity index (χ1v) is 9.52. The molecule has 0 spiro atoms. The van der Waals surface area contributed by atoms with Gasteiger partial charge in [0.2, 0.25) is 0 Å².